The second-order valence-electron chi connectivity index (χ2n) is 7.76. The first-order chi connectivity index (χ1) is 13.0. The SMILES string of the molecule is C[C@H](COc1ccc(-c2cnn3cccnc23)cc1C(F)(F)F)CC(C)(C)N. The molecule has 1 aromatic carbocycles. The molecule has 0 unspecified atom stereocenters. The molecule has 8 heteroatoms. The van der Waals surface area contributed by atoms with Crippen LogP contribution in [0.1, 0.15) is 32.8 Å². The van der Waals surface area contributed by atoms with Gasteiger partial charge in [0, 0.05) is 23.5 Å². The Hall–Kier alpha value is -2.61. The predicted octanol–water partition coefficient (Wildman–Crippen LogP) is 4.56. The minimum absolute atomic E-state index is 0.0181. The molecule has 0 radical (unpaired) electrons. The molecular weight excluding hydrogens is 369 g/mol. The number of alkyl halides is 3. The Labute approximate surface area is 161 Å². The summed E-state index contributed by atoms with van der Waals surface area (Å²) in [5.41, 5.74) is 6.14. The summed E-state index contributed by atoms with van der Waals surface area (Å²) >= 11 is 0. The number of benzene rings is 1. The lowest BCUT2D eigenvalue weighted by Crippen LogP contribution is -2.35. The van der Waals surface area contributed by atoms with Gasteiger partial charge in [-0.1, -0.05) is 13.0 Å². The zero-order valence-electron chi connectivity index (χ0n) is 16.0. The molecule has 0 saturated carbocycles. The van der Waals surface area contributed by atoms with Crippen LogP contribution in [0.25, 0.3) is 16.8 Å². The van der Waals surface area contributed by atoms with Gasteiger partial charge in [0.2, 0.25) is 0 Å². The van der Waals surface area contributed by atoms with Gasteiger partial charge in [-0.2, -0.15) is 18.3 Å². The van der Waals surface area contributed by atoms with Gasteiger partial charge in [-0.25, -0.2) is 9.50 Å². The van der Waals surface area contributed by atoms with E-state index < -0.39 is 17.3 Å². The number of fused-ring (bicyclic) bond motifs is 1. The van der Waals surface area contributed by atoms with Crippen LogP contribution in [0, 0.1) is 5.92 Å². The maximum Gasteiger partial charge on any atom is 0.419 e. The molecule has 150 valence electrons. The van der Waals surface area contributed by atoms with Crippen LogP contribution in [0.2, 0.25) is 0 Å². The number of halogens is 3. The third-order valence-corrected chi connectivity index (χ3v) is 4.27. The molecule has 3 aromatic rings. The molecule has 0 bridgehead atoms. The minimum atomic E-state index is -4.54. The fourth-order valence-electron chi connectivity index (χ4n) is 3.26. The number of hydrogen-bond acceptors (Lipinski definition) is 4. The van der Waals surface area contributed by atoms with Crippen molar-refractivity contribution in [3.05, 3.63) is 48.4 Å². The summed E-state index contributed by atoms with van der Waals surface area (Å²) in [4.78, 5) is 4.20. The van der Waals surface area contributed by atoms with Gasteiger partial charge in [0.25, 0.3) is 0 Å². The summed E-state index contributed by atoms with van der Waals surface area (Å²) in [6, 6.07) is 5.73. The van der Waals surface area contributed by atoms with Crippen molar-refractivity contribution in [2.24, 2.45) is 11.7 Å². The van der Waals surface area contributed by atoms with Gasteiger partial charge in [0.1, 0.15) is 5.75 Å². The topological polar surface area (TPSA) is 65.4 Å². The standard InChI is InChI=1S/C20H23F3N4O/c1-13(10-19(2,3)24)12-28-17-6-5-14(9-16(17)20(21,22)23)15-11-26-27-8-4-7-25-18(15)27/h4-9,11,13H,10,12,24H2,1-3H3/t13-/m0/s1. The van der Waals surface area contributed by atoms with Crippen molar-refractivity contribution in [2.45, 2.75) is 38.9 Å². The Morgan fingerprint density at radius 1 is 1.25 bits per heavy atom. The van der Waals surface area contributed by atoms with Gasteiger partial charge in [-0.05, 0) is 49.9 Å². The van der Waals surface area contributed by atoms with Crippen LogP contribution in [0.4, 0.5) is 13.2 Å². The van der Waals surface area contributed by atoms with Crippen LogP contribution in [0.3, 0.4) is 0 Å². The quantitative estimate of drug-likeness (QED) is 0.668. The van der Waals surface area contributed by atoms with Gasteiger partial charge in [0.05, 0.1) is 18.4 Å². The fourth-order valence-corrected chi connectivity index (χ4v) is 3.26. The van der Waals surface area contributed by atoms with E-state index in [4.69, 9.17) is 10.5 Å². The molecule has 0 aliphatic rings. The molecule has 0 aliphatic heterocycles. The van der Waals surface area contributed by atoms with Gasteiger partial charge in [-0.15, -0.1) is 0 Å². The van der Waals surface area contributed by atoms with Gasteiger partial charge in [-0.3, -0.25) is 0 Å². The first kappa shape index (κ1) is 20.1. The first-order valence-corrected chi connectivity index (χ1v) is 8.96. The lowest BCUT2D eigenvalue weighted by molar-refractivity contribution is -0.139. The molecule has 2 aromatic heterocycles. The van der Waals surface area contributed by atoms with E-state index in [0.29, 0.717) is 23.2 Å². The van der Waals surface area contributed by atoms with E-state index in [2.05, 4.69) is 10.1 Å². The number of ether oxygens (including phenoxy) is 1. The van der Waals surface area contributed by atoms with Crippen LogP contribution in [-0.2, 0) is 6.18 Å². The number of hydrogen-bond donors (Lipinski definition) is 1. The molecule has 2 N–H and O–H groups in total. The summed E-state index contributed by atoms with van der Waals surface area (Å²) < 4.78 is 48.0. The smallest absolute Gasteiger partial charge is 0.419 e. The number of nitrogens with two attached hydrogens (primary N) is 1. The largest absolute Gasteiger partial charge is 0.493 e. The normalized spacial score (nSPS) is 13.7. The van der Waals surface area contributed by atoms with E-state index in [1.807, 2.05) is 20.8 Å². The van der Waals surface area contributed by atoms with Crippen molar-refractivity contribution < 1.29 is 17.9 Å². The van der Waals surface area contributed by atoms with Crippen molar-refractivity contribution in [1.29, 1.82) is 0 Å². The minimum Gasteiger partial charge on any atom is -0.493 e. The second kappa shape index (κ2) is 7.43. The highest BCUT2D eigenvalue weighted by Crippen LogP contribution is 2.39. The highest BCUT2D eigenvalue weighted by atomic mass is 19.4. The van der Waals surface area contributed by atoms with Crippen LogP contribution in [-0.4, -0.2) is 26.7 Å². The van der Waals surface area contributed by atoms with Crippen molar-refractivity contribution in [2.75, 3.05) is 6.61 Å². The van der Waals surface area contributed by atoms with E-state index in [-0.39, 0.29) is 18.3 Å². The average molecular weight is 392 g/mol. The predicted molar refractivity (Wildman–Crippen MR) is 101 cm³/mol. The van der Waals surface area contributed by atoms with Crippen molar-refractivity contribution in [3.63, 3.8) is 0 Å². The molecular formula is C20H23F3N4O. The Kier molecular flexibility index (Phi) is 5.34. The summed E-state index contributed by atoms with van der Waals surface area (Å²) in [6.07, 6.45) is 0.861. The lowest BCUT2D eigenvalue weighted by Gasteiger charge is -2.24. The zero-order chi connectivity index (χ0) is 20.5. The fraction of sp³-hybridized carbons (Fsp3) is 0.400. The van der Waals surface area contributed by atoms with Crippen molar-refractivity contribution in [1.82, 2.24) is 14.6 Å². The lowest BCUT2D eigenvalue weighted by atomic mass is 9.93. The Bertz CT molecular complexity index is 960. The summed E-state index contributed by atoms with van der Waals surface area (Å²) in [6.45, 7) is 5.82. The van der Waals surface area contributed by atoms with Gasteiger partial charge < -0.3 is 10.5 Å². The Morgan fingerprint density at radius 3 is 2.68 bits per heavy atom. The molecule has 28 heavy (non-hydrogen) atoms. The maximum absolute atomic E-state index is 13.6. The molecule has 1 atom stereocenters. The van der Waals surface area contributed by atoms with E-state index in [0.717, 1.165) is 6.07 Å². The zero-order valence-corrected chi connectivity index (χ0v) is 16.0. The molecule has 0 saturated heterocycles. The second-order valence-corrected chi connectivity index (χ2v) is 7.76. The van der Waals surface area contributed by atoms with Crippen LogP contribution < -0.4 is 10.5 Å². The number of rotatable bonds is 6. The summed E-state index contributed by atoms with van der Waals surface area (Å²) in [5, 5.41) is 4.13. The van der Waals surface area contributed by atoms with Crippen LogP contribution in [0.15, 0.2) is 42.9 Å². The van der Waals surface area contributed by atoms with Crippen molar-refractivity contribution >= 4 is 5.65 Å². The van der Waals surface area contributed by atoms with E-state index in [9.17, 15) is 13.2 Å². The number of nitrogens with zero attached hydrogens (tertiary/aromatic N) is 3. The van der Waals surface area contributed by atoms with E-state index in [1.165, 1.54) is 16.8 Å². The molecule has 0 spiro atoms. The van der Waals surface area contributed by atoms with Crippen LogP contribution in [0.5, 0.6) is 5.75 Å². The molecule has 5 nitrogen and oxygen atoms in total. The molecule has 0 fully saturated rings. The Balaban J connectivity index is 1.90. The van der Waals surface area contributed by atoms with Gasteiger partial charge in [0.15, 0.2) is 5.65 Å². The highest BCUT2D eigenvalue weighted by molar-refractivity contribution is 5.77. The monoisotopic (exact) mass is 392 g/mol. The van der Waals surface area contributed by atoms with Crippen molar-refractivity contribution in [3.8, 4) is 16.9 Å². The summed E-state index contributed by atoms with van der Waals surface area (Å²) in [7, 11) is 0. The molecule has 0 aliphatic carbocycles. The number of aromatic nitrogens is 3. The van der Waals surface area contributed by atoms with E-state index in [1.54, 1.807) is 24.5 Å². The molecule has 3 rings (SSSR count). The summed E-state index contributed by atoms with van der Waals surface area (Å²) in [5.74, 6) is -0.174. The van der Waals surface area contributed by atoms with Crippen LogP contribution >= 0.6 is 0 Å². The molecule has 0 amide bonds. The van der Waals surface area contributed by atoms with Gasteiger partial charge >= 0.3 is 6.18 Å². The average Bonchev–Trinajstić information content (AvgIpc) is 3.01. The third kappa shape index (κ3) is 4.62. The Morgan fingerprint density at radius 2 is 2.00 bits per heavy atom. The third-order valence-electron chi connectivity index (χ3n) is 4.27. The van der Waals surface area contributed by atoms with E-state index >= 15 is 0 Å². The maximum atomic E-state index is 13.6. The first-order valence-electron chi connectivity index (χ1n) is 8.96. The highest BCUT2D eigenvalue weighted by Gasteiger charge is 2.35. The molecule has 2 heterocycles.